The van der Waals surface area contributed by atoms with E-state index in [0.29, 0.717) is 6.54 Å². The maximum absolute atomic E-state index is 11.7. The van der Waals surface area contributed by atoms with Gasteiger partial charge in [-0.25, -0.2) is 9.97 Å². The highest BCUT2D eigenvalue weighted by Gasteiger charge is 2.12. The van der Waals surface area contributed by atoms with Gasteiger partial charge in [-0.15, -0.1) is 11.3 Å². The fourth-order valence-corrected chi connectivity index (χ4v) is 2.88. The third-order valence-electron chi connectivity index (χ3n) is 3.13. The topological polar surface area (TPSA) is 95.4 Å². The average Bonchev–Trinajstić information content (AvgIpc) is 2.84. The van der Waals surface area contributed by atoms with Gasteiger partial charge < -0.3 is 15.3 Å². The minimum Gasteiger partial charge on any atom is -0.481 e. The summed E-state index contributed by atoms with van der Waals surface area (Å²) in [6.07, 6.45) is 1.74. The lowest BCUT2D eigenvalue weighted by molar-refractivity contribution is -0.136. The fourth-order valence-electron chi connectivity index (χ4n) is 2.04. The molecule has 118 valence electrons. The number of thiophene rings is 1. The summed E-state index contributed by atoms with van der Waals surface area (Å²) in [5, 5.41) is 12.1. The Hall–Kier alpha value is -2.22. The van der Waals surface area contributed by atoms with Gasteiger partial charge in [0.1, 0.15) is 17.0 Å². The third-order valence-corrected chi connectivity index (χ3v) is 4.09. The van der Waals surface area contributed by atoms with E-state index in [4.69, 9.17) is 5.11 Å². The zero-order valence-corrected chi connectivity index (χ0v) is 13.3. The Morgan fingerprint density at radius 2 is 2.14 bits per heavy atom. The summed E-state index contributed by atoms with van der Waals surface area (Å²) in [7, 11) is 1.87. The first-order valence-corrected chi connectivity index (χ1v) is 7.70. The number of carbonyl (C=O) groups excluding carboxylic acids is 1. The number of anilines is 1. The van der Waals surface area contributed by atoms with Gasteiger partial charge >= 0.3 is 5.97 Å². The molecule has 2 N–H and O–H groups in total. The van der Waals surface area contributed by atoms with Gasteiger partial charge in [-0.3, -0.25) is 9.59 Å². The number of nitrogens with zero attached hydrogens (tertiary/aromatic N) is 3. The van der Waals surface area contributed by atoms with Gasteiger partial charge in [0.25, 0.3) is 0 Å². The molecule has 0 spiro atoms. The molecule has 2 aromatic rings. The van der Waals surface area contributed by atoms with Gasteiger partial charge in [0.2, 0.25) is 5.91 Å². The van der Waals surface area contributed by atoms with E-state index in [-0.39, 0.29) is 25.3 Å². The Bertz CT molecular complexity index is 686. The van der Waals surface area contributed by atoms with Gasteiger partial charge in [0, 0.05) is 31.4 Å². The lowest BCUT2D eigenvalue weighted by Gasteiger charge is -2.18. The number of rotatable bonds is 7. The monoisotopic (exact) mass is 322 g/mol. The van der Waals surface area contributed by atoms with Crippen LogP contribution in [0.25, 0.3) is 10.2 Å². The lowest BCUT2D eigenvalue weighted by Crippen LogP contribution is -2.30. The molecule has 0 radical (unpaired) electrons. The van der Waals surface area contributed by atoms with Gasteiger partial charge in [-0.05, 0) is 13.0 Å². The number of hydrogen-bond donors (Lipinski definition) is 2. The summed E-state index contributed by atoms with van der Waals surface area (Å²) in [6.45, 7) is 2.67. The summed E-state index contributed by atoms with van der Waals surface area (Å²) >= 11 is 1.61. The minimum atomic E-state index is -0.923. The molecule has 0 aliphatic heterocycles. The van der Waals surface area contributed by atoms with Crippen LogP contribution in [0.1, 0.15) is 17.7 Å². The van der Waals surface area contributed by atoms with Crippen molar-refractivity contribution < 1.29 is 14.7 Å². The predicted molar refractivity (Wildman–Crippen MR) is 85.3 cm³/mol. The van der Waals surface area contributed by atoms with Crippen LogP contribution in [0.2, 0.25) is 0 Å². The SMILES string of the molecule is Cc1cc2c(N(C)CCC(=O)NCCC(=O)O)ncnc2s1. The maximum Gasteiger partial charge on any atom is 0.305 e. The van der Waals surface area contributed by atoms with Gasteiger partial charge in [0.05, 0.1) is 11.8 Å². The standard InChI is InChI=1S/C14H18N4O3S/c1-9-7-10-13(16-8-17-14(10)22-9)18(2)6-4-11(19)15-5-3-12(20)21/h7-8H,3-6H2,1-2H3,(H,15,19)(H,20,21). The Balaban J connectivity index is 1.92. The van der Waals surface area contributed by atoms with E-state index in [9.17, 15) is 9.59 Å². The van der Waals surface area contributed by atoms with Crippen LogP contribution in [-0.2, 0) is 9.59 Å². The number of aliphatic carboxylic acids is 1. The first-order valence-electron chi connectivity index (χ1n) is 6.88. The molecule has 22 heavy (non-hydrogen) atoms. The lowest BCUT2D eigenvalue weighted by atomic mass is 10.3. The van der Waals surface area contributed by atoms with E-state index in [1.54, 1.807) is 11.3 Å². The van der Waals surface area contributed by atoms with Crippen molar-refractivity contribution in [3.05, 3.63) is 17.3 Å². The highest BCUT2D eigenvalue weighted by Crippen LogP contribution is 2.29. The summed E-state index contributed by atoms with van der Waals surface area (Å²) in [5.41, 5.74) is 0. The van der Waals surface area contributed by atoms with Crippen LogP contribution in [0.3, 0.4) is 0 Å². The molecule has 0 saturated carbocycles. The van der Waals surface area contributed by atoms with Crippen molar-refractivity contribution in [3.8, 4) is 0 Å². The highest BCUT2D eigenvalue weighted by atomic mass is 32.1. The van der Waals surface area contributed by atoms with E-state index in [0.717, 1.165) is 20.9 Å². The Kier molecular flexibility index (Phi) is 5.26. The largest absolute Gasteiger partial charge is 0.481 e. The van der Waals surface area contributed by atoms with Gasteiger partial charge in [-0.1, -0.05) is 0 Å². The second-order valence-corrected chi connectivity index (χ2v) is 6.17. The molecular formula is C14H18N4O3S. The number of amides is 1. The Labute approximate surface area is 132 Å². The second-order valence-electron chi connectivity index (χ2n) is 4.94. The maximum atomic E-state index is 11.7. The molecular weight excluding hydrogens is 304 g/mol. The molecule has 0 bridgehead atoms. The van der Waals surface area contributed by atoms with Crippen molar-refractivity contribution in [2.45, 2.75) is 19.8 Å². The normalized spacial score (nSPS) is 10.6. The molecule has 0 aliphatic rings. The fraction of sp³-hybridized carbons (Fsp3) is 0.429. The number of aromatic nitrogens is 2. The van der Waals surface area contributed by atoms with Crippen LogP contribution in [0, 0.1) is 6.92 Å². The molecule has 1 amide bonds. The summed E-state index contributed by atoms with van der Waals surface area (Å²) < 4.78 is 0. The van der Waals surface area contributed by atoms with Crippen LogP contribution >= 0.6 is 11.3 Å². The molecule has 0 unspecified atom stereocenters. The molecule has 0 aromatic carbocycles. The molecule has 7 nitrogen and oxygen atoms in total. The summed E-state index contributed by atoms with van der Waals surface area (Å²) in [5.74, 6) is -0.291. The molecule has 8 heteroatoms. The van der Waals surface area contributed by atoms with Gasteiger partial charge in [-0.2, -0.15) is 0 Å². The van der Waals surface area contributed by atoms with E-state index in [1.807, 2.05) is 24.9 Å². The number of carbonyl (C=O) groups is 2. The Morgan fingerprint density at radius 3 is 2.86 bits per heavy atom. The molecule has 2 heterocycles. The Morgan fingerprint density at radius 1 is 1.36 bits per heavy atom. The van der Waals surface area contributed by atoms with Gasteiger partial charge in [0.15, 0.2) is 0 Å². The summed E-state index contributed by atoms with van der Waals surface area (Å²) in [6, 6.07) is 2.04. The smallest absolute Gasteiger partial charge is 0.305 e. The molecule has 0 aliphatic carbocycles. The number of aryl methyl sites for hydroxylation is 1. The number of hydrogen-bond acceptors (Lipinski definition) is 6. The van der Waals surface area contributed by atoms with E-state index >= 15 is 0 Å². The first kappa shape index (κ1) is 16.2. The van der Waals surface area contributed by atoms with Crippen molar-refractivity contribution in [1.82, 2.24) is 15.3 Å². The van der Waals surface area contributed by atoms with Crippen LogP contribution < -0.4 is 10.2 Å². The van der Waals surface area contributed by atoms with E-state index < -0.39 is 5.97 Å². The van der Waals surface area contributed by atoms with Crippen molar-refractivity contribution in [2.24, 2.45) is 0 Å². The molecule has 2 rings (SSSR count). The summed E-state index contributed by atoms with van der Waals surface area (Å²) in [4.78, 5) is 34.6. The zero-order valence-electron chi connectivity index (χ0n) is 12.5. The number of carboxylic acids is 1. The highest BCUT2D eigenvalue weighted by molar-refractivity contribution is 7.18. The minimum absolute atomic E-state index is 0.0672. The number of carboxylic acid groups (broad SMARTS) is 1. The molecule has 0 saturated heterocycles. The molecule has 2 aromatic heterocycles. The third kappa shape index (κ3) is 4.14. The number of nitrogens with one attached hydrogen (secondary N) is 1. The molecule has 0 fully saturated rings. The van der Waals surface area contributed by atoms with E-state index in [1.165, 1.54) is 6.33 Å². The van der Waals surface area contributed by atoms with Crippen LogP contribution in [-0.4, -0.2) is 47.1 Å². The average molecular weight is 322 g/mol. The second kappa shape index (κ2) is 7.17. The van der Waals surface area contributed by atoms with Crippen LogP contribution in [0.4, 0.5) is 5.82 Å². The number of fused-ring (bicyclic) bond motifs is 1. The van der Waals surface area contributed by atoms with Crippen molar-refractivity contribution >= 4 is 39.2 Å². The molecule has 0 atom stereocenters. The quantitative estimate of drug-likeness (QED) is 0.800. The van der Waals surface area contributed by atoms with E-state index in [2.05, 4.69) is 15.3 Å². The van der Waals surface area contributed by atoms with Crippen molar-refractivity contribution in [1.29, 1.82) is 0 Å². The van der Waals surface area contributed by atoms with Crippen molar-refractivity contribution in [2.75, 3.05) is 25.0 Å². The van der Waals surface area contributed by atoms with Crippen LogP contribution in [0.15, 0.2) is 12.4 Å². The first-order chi connectivity index (χ1) is 10.5. The van der Waals surface area contributed by atoms with Crippen LogP contribution in [0.5, 0.6) is 0 Å². The van der Waals surface area contributed by atoms with Crippen molar-refractivity contribution in [3.63, 3.8) is 0 Å². The predicted octanol–water partition coefficient (Wildman–Crippen LogP) is 1.42. The zero-order chi connectivity index (χ0) is 16.1.